The summed E-state index contributed by atoms with van der Waals surface area (Å²) in [6, 6.07) is 15.3. The molecule has 2 fully saturated rings. The van der Waals surface area contributed by atoms with Gasteiger partial charge in [-0.15, -0.1) is 0 Å². The highest BCUT2D eigenvalue weighted by Gasteiger charge is 2.86. The molecule has 0 spiro atoms. The number of rotatable bonds is 7. The Morgan fingerprint density at radius 2 is 1.17 bits per heavy atom. The second-order valence-corrected chi connectivity index (χ2v) is 10.8. The largest absolute Gasteiger partial charge is 0.484 e. The van der Waals surface area contributed by atoms with Crippen molar-refractivity contribution >= 4 is 40.7 Å². The summed E-state index contributed by atoms with van der Waals surface area (Å²) in [7, 11) is 0. The van der Waals surface area contributed by atoms with E-state index in [4.69, 9.17) is 32.7 Å². The Kier molecular flexibility index (Phi) is 6.97. The molecule has 1 heterocycles. The summed E-state index contributed by atoms with van der Waals surface area (Å²) in [6.07, 6.45) is -9.11. The number of benzene rings is 3. The number of anilines is 1. The Morgan fingerprint density at radius 1 is 0.756 bits per heavy atom. The molecule has 2 aliphatic rings. The first-order valence-electron chi connectivity index (χ1n) is 12.0. The Morgan fingerprint density at radius 3 is 1.51 bits per heavy atom. The molecule has 5 rings (SSSR count). The molecule has 1 aliphatic heterocycles. The van der Waals surface area contributed by atoms with Gasteiger partial charge in [0.15, 0.2) is 13.2 Å². The van der Waals surface area contributed by atoms with Gasteiger partial charge >= 0.3 is 12.4 Å². The van der Waals surface area contributed by atoms with E-state index in [0.29, 0.717) is 11.1 Å². The van der Waals surface area contributed by atoms with Crippen LogP contribution in [0.3, 0.4) is 0 Å². The lowest BCUT2D eigenvalue weighted by Gasteiger charge is -2.30. The number of halogens is 8. The van der Waals surface area contributed by atoms with E-state index in [2.05, 4.69) is 0 Å². The van der Waals surface area contributed by atoms with E-state index in [1.807, 2.05) is 0 Å². The molecule has 1 aliphatic carbocycles. The van der Waals surface area contributed by atoms with Crippen LogP contribution in [0.25, 0.3) is 0 Å². The number of fused-ring (bicyclic) bond motifs is 1. The molecule has 3 aromatic carbocycles. The van der Waals surface area contributed by atoms with E-state index in [-0.39, 0.29) is 27.2 Å². The van der Waals surface area contributed by atoms with Gasteiger partial charge in [-0.25, -0.2) is 4.90 Å². The molecule has 0 N–H and O–H groups in total. The molecular formula is C28H19Cl2F6NO4. The maximum Gasteiger partial charge on any atom is 0.422 e. The van der Waals surface area contributed by atoms with Gasteiger partial charge in [-0.2, -0.15) is 26.3 Å². The molecule has 0 bridgehead atoms. The summed E-state index contributed by atoms with van der Waals surface area (Å²) in [5, 5.41) is 0.406. The van der Waals surface area contributed by atoms with Crippen molar-refractivity contribution in [1.82, 2.24) is 0 Å². The van der Waals surface area contributed by atoms with Gasteiger partial charge in [0.25, 0.3) is 0 Å². The van der Waals surface area contributed by atoms with Crippen LogP contribution < -0.4 is 14.4 Å². The zero-order valence-corrected chi connectivity index (χ0v) is 22.5. The maximum absolute atomic E-state index is 13.9. The normalized spacial score (nSPS) is 21.6. The third-order valence-corrected chi connectivity index (χ3v) is 7.83. The van der Waals surface area contributed by atoms with Gasteiger partial charge in [-0.05, 0) is 60.5 Å². The average Bonchev–Trinajstić information content (AvgIpc) is 3.40. The lowest BCUT2D eigenvalue weighted by atomic mass is 9.79. The van der Waals surface area contributed by atoms with Crippen molar-refractivity contribution in [2.75, 3.05) is 18.1 Å². The number of piperidine rings is 1. The van der Waals surface area contributed by atoms with Gasteiger partial charge < -0.3 is 9.47 Å². The van der Waals surface area contributed by atoms with Crippen molar-refractivity contribution in [3.63, 3.8) is 0 Å². The molecule has 1 saturated carbocycles. The number of amides is 2. The van der Waals surface area contributed by atoms with Crippen LogP contribution >= 0.6 is 23.2 Å². The van der Waals surface area contributed by atoms with Gasteiger partial charge in [0.1, 0.15) is 11.5 Å². The number of hydrogen-bond donors (Lipinski definition) is 0. The zero-order valence-electron chi connectivity index (χ0n) is 20.9. The SMILES string of the molecule is C[C@]12C(=O)N(c3cc(Cl)cc(Cl)c3)C(=O)[C@H]1C2(c1ccc(OCC(F)(F)F)cc1)c1ccc(OCC(F)(F)F)cc1. The molecule has 0 radical (unpaired) electrons. The minimum absolute atomic E-state index is 0.0825. The lowest BCUT2D eigenvalue weighted by molar-refractivity contribution is -0.154. The molecule has 0 aromatic heterocycles. The molecule has 2 atom stereocenters. The second kappa shape index (κ2) is 9.84. The highest BCUT2D eigenvalue weighted by Crippen LogP contribution is 2.76. The highest BCUT2D eigenvalue weighted by atomic mass is 35.5. The second-order valence-electron chi connectivity index (χ2n) is 9.91. The van der Waals surface area contributed by atoms with Crippen molar-refractivity contribution in [3.05, 3.63) is 87.9 Å². The standard InChI is InChI=1S/C28H19Cl2F6NO4/c1-25-22(23(38)37(24(25)39)19-11-17(29)10-18(30)12-19)28(25,15-2-6-20(7-3-15)40-13-26(31,32)33)16-4-8-21(9-5-16)41-14-27(34,35)36/h2-12,22H,13-14H2,1H3/t22-,25-/m1/s1. The Hall–Kier alpha value is -3.44. The van der Waals surface area contributed by atoms with Gasteiger partial charge in [-0.3, -0.25) is 9.59 Å². The summed E-state index contributed by atoms with van der Waals surface area (Å²) < 4.78 is 85.3. The molecule has 2 amide bonds. The molecule has 5 nitrogen and oxygen atoms in total. The summed E-state index contributed by atoms with van der Waals surface area (Å²) >= 11 is 12.2. The van der Waals surface area contributed by atoms with E-state index in [1.54, 1.807) is 6.92 Å². The number of carbonyl (C=O) groups is 2. The van der Waals surface area contributed by atoms with Crippen LogP contribution in [0, 0.1) is 11.3 Å². The van der Waals surface area contributed by atoms with Crippen LogP contribution in [0.4, 0.5) is 32.0 Å². The first kappa shape index (κ1) is 29.1. The molecule has 1 saturated heterocycles. The number of nitrogens with zero attached hydrogens (tertiary/aromatic N) is 1. The monoisotopic (exact) mass is 617 g/mol. The van der Waals surface area contributed by atoms with E-state index in [1.165, 1.54) is 66.7 Å². The summed E-state index contributed by atoms with van der Waals surface area (Å²) in [4.78, 5) is 28.8. The van der Waals surface area contributed by atoms with Crippen molar-refractivity contribution in [1.29, 1.82) is 0 Å². The van der Waals surface area contributed by atoms with Crippen LogP contribution in [-0.4, -0.2) is 37.4 Å². The topological polar surface area (TPSA) is 55.8 Å². The Bertz CT molecular complexity index is 1430. The summed E-state index contributed by atoms with van der Waals surface area (Å²) in [5.74, 6) is -2.25. The molecule has 13 heteroatoms. The number of alkyl halides is 6. The fraction of sp³-hybridized carbons (Fsp3) is 0.286. The first-order valence-corrected chi connectivity index (χ1v) is 12.8. The fourth-order valence-corrected chi connectivity index (χ4v) is 6.29. The van der Waals surface area contributed by atoms with Gasteiger partial charge in [0.2, 0.25) is 11.8 Å². The minimum Gasteiger partial charge on any atom is -0.484 e. The average molecular weight is 618 g/mol. The van der Waals surface area contributed by atoms with Crippen molar-refractivity contribution in [2.24, 2.45) is 11.3 Å². The van der Waals surface area contributed by atoms with E-state index >= 15 is 0 Å². The first-order chi connectivity index (χ1) is 19.1. The van der Waals surface area contributed by atoms with Crippen LogP contribution in [-0.2, 0) is 15.0 Å². The molecule has 0 unspecified atom stereocenters. The van der Waals surface area contributed by atoms with Crippen molar-refractivity contribution in [2.45, 2.75) is 24.7 Å². The van der Waals surface area contributed by atoms with E-state index in [9.17, 15) is 35.9 Å². The molecule has 41 heavy (non-hydrogen) atoms. The highest BCUT2D eigenvalue weighted by molar-refractivity contribution is 6.36. The van der Waals surface area contributed by atoms with Gasteiger partial charge in [-0.1, -0.05) is 47.5 Å². The Balaban J connectivity index is 1.55. The third kappa shape index (κ3) is 4.99. The number of ether oxygens (including phenoxy) is 2. The lowest BCUT2D eigenvalue weighted by Crippen LogP contribution is -2.42. The number of carbonyl (C=O) groups excluding carboxylic acids is 2. The van der Waals surface area contributed by atoms with E-state index in [0.717, 1.165) is 4.90 Å². The number of hydrogen-bond acceptors (Lipinski definition) is 4. The zero-order chi connectivity index (χ0) is 30.0. The number of imide groups is 1. The van der Waals surface area contributed by atoms with Gasteiger partial charge in [0, 0.05) is 15.5 Å². The van der Waals surface area contributed by atoms with Crippen LogP contribution in [0.15, 0.2) is 66.7 Å². The minimum atomic E-state index is -4.55. The quantitative estimate of drug-likeness (QED) is 0.205. The predicted molar refractivity (Wildman–Crippen MR) is 137 cm³/mol. The van der Waals surface area contributed by atoms with E-state index < -0.39 is 54.1 Å². The summed E-state index contributed by atoms with van der Waals surface area (Å²) in [5.41, 5.74) is -1.61. The van der Waals surface area contributed by atoms with Crippen LogP contribution in [0.2, 0.25) is 10.0 Å². The molecular weight excluding hydrogens is 599 g/mol. The fourth-order valence-electron chi connectivity index (χ4n) is 5.78. The molecule has 216 valence electrons. The predicted octanol–water partition coefficient (Wildman–Crippen LogP) is 7.37. The van der Waals surface area contributed by atoms with Gasteiger partial charge in [0.05, 0.1) is 17.0 Å². The third-order valence-electron chi connectivity index (χ3n) is 7.39. The smallest absolute Gasteiger partial charge is 0.422 e. The van der Waals surface area contributed by atoms with Crippen molar-refractivity contribution < 1.29 is 45.4 Å². The molecule has 3 aromatic rings. The van der Waals surface area contributed by atoms with Crippen molar-refractivity contribution in [3.8, 4) is 11.5 Å². The van der Waals surface area contributed by atoms with Crippen LogP contribution in [0.5, 0.6) is 11.5 Å². The Labute approximate surface area is 239 Å². The maximum atomic E-state index is 13.9. The summed E-state index contributed by atoms with van der Waals surface area (Å²) in [6.45, 7) is -1.43. The van der Waals surface area contributed by atoms with Crippen LogP contribution in [0.1, 0.15) is 18.1 Å².